The predicted molar refractivity (Wildman–Crippen MR) is 93.1 cm³/mol. The van der Waals surface area contributed by atoms with Crippen molar-refractivity contribution in [3.63, 3.8) is 0 Å². The lowest BCUT2D eigenvalue weighted by molar-refractivity contribution is -0.122. The highest BCUT2D eigenvalue weighted by Crippen LogP contribution is 2.34. The summed E-state index contributed by atoms with van der Waals surface area (Å²) in [5.74, 6) is 1.08. The van der Waals surface area contributed by atoms with Crippen molar-refractivity contribution in [2.24, 2.45) is 0 Å². The Morgan fingerprint density at radius 3 is 2.74 bits per heavy atom. The van der Waals surface area contributed by atoms with Crippen LogP contribution in [0.4, 0.5) is 5.13 Å². The number of hydrogen-bond acceptors (Lipinski definition) is 4. The Hall–Kier alpha value is -1.88. The highest BCUT2D eigenvalue weighted by atomic mass is 32.1. The van der Waals surface area contributed by atoms with Crippen molar-refractivity contribution >= 4 is 22.4 Å². The molecular weight excluding hydrogens is 308 g/mol. The fourth-order valence-corrected chi connectivity index (χ4v) is 3.69. The van der Waals surface area contributed by atoms with Crippen LogP contribution in [0.5, 0.6) is 5.75 Å². The number of carbonyl (C=O) groups excluding carboxylic acids is 1. The molecule has 0 unspecified atom stereocenters. The summed E-state index contributed by atoms with van der Waals surface area (Å²) in [6.45, 7) is 1.75. The topological polar surface area (TPSA) is 51.2 Å². The van der Waals surface area contributed by atoms with Gasteiger partial charge in [-0.1, -0.05) is 37.5 Å². The fraction of sp³-hybridized carbons (Fsp3) is 0.444. The fourth-order valence-electron chi connectivity index (χ4n) is 2.89. The van der Waals surface area contributed by atoms with Crippen LogP contribution in [0.1, 0.15) is 50.6 Å². The molecule has 2 aromatic rings. The van der Waals surface area contributed by atoms with Crippen LogP contribution in [0.2, 0.25) is 0 Å². The first-order chi connectivity index (χ1) is 11.2. The molecule has 0 saturated heterocycles. The van der Waals surface area contributed by atoms with E-state index in [0.29, 0.717) is 16.8 Å². The lowest BCUT2D eigenvalue weighted by atomic mass is 9.87. The maximum Gasteiger partial charge on any atom is 0.266 e. The van der Waals surface area contributed by atoms with E-state index in [4.69, 9.17) is 4.74 Å². The van der Waals surface area contributed by atoms with Crippen molar-refractivity contribution in [1.82, 2.24) is 4.98 Å². The Balaban J connectivity index is 1.56. The van der Waals surface area contributed by atoms with Crippen molar-refractivity contribution in [1.29, 1.82) is 0 Å². The first-order valence-corrected chi connectivity index (χ1v) is 9.08. The third-order valence-electron chi connectivity index (χ3n) is 4.20. The second-order valence-corrected chi connectivity index (χ2v) is 6.83. The molecule has 1 aliphatic carbocycles. The molecule has 5 heteroatoms. The molecule has 0 aliphatic heterocycles. The molecule has 1 atom stereocenters. The van der Waals surface area contributed by atoms with E-state index < -0.39 is 6.10 Å². The second kappa shape index (κ2) is 7.59. The quantitative estimate of drug-likeness (QED) is 0.872. The van der Waals surface area contributed by atoms with Crippen LogP contribution in [-0.2, 0) is 4.79 Å². The summed E-state index contributed by atoms with van der Waals surface area (Å²) in [5, 5.41) is 5.61. The van der Waals surface area contributed by atoms with Gasteiger partial charge in [0.15, 0.2) is 11.2 Å². The molecule has 122 valence electrons. The zero-order valence-corrected chi connectivity index (χ0v) is 14.1. The summed E-state index contributed by atoms with van der Waals surface area (Å²) in [6.07, 6.45) is 5.77. The van der Waals surface area contributed by atoms with E-state index in [2.05, 4.69) is 15.7 Å². The van der Waals surface area contributed by atoms with E-state index in [1.54, 1.807) is 6.92 Å². The molecule has 1 N–H and O–H groups in total. The van der Waals surface area contributed by atoms with E-state index in [9.17, 15) is 4.79 Å². The normalized spacial score (nSPS) is 16.7. The molecule has 1 aromatic heterocycles. The molecule has 1 aliphatic rings. The zero-order valence-electron chi connectivity index (χ0n) is 13.3. The van der Waals surface area contributed by atoms with Gasteiger partial charge in [-0.3, -0.25) is 10.1 Å². The molecule has 1 aromatic carbocycles. The minimum atomic E-state index is -0.556. The smallest absolute Gasteiger partial charge is 0.266 e. The number of thiazole rings is 1. The largest absolute Gasteiger partial charge is 0.481 e. The summed E-state index contributed by atoms with van der Waals surface area (Å²) < 4.78 is 5.64. The SMILES string of the molecule is C[C@H](Oc1ccccc1)C(=O)Nc1nc(C2CCCCC2)cs1. The summed E-state index contributed by atoms with van der Waals surface area (Å²) in [7, 11) is 0. The Kier molecular flexibility index (Phi) is 5.28. The van der Waals surface area contributed by atoms with E-state index in [-0.39, 0.29) is 5.91 Å². The van der Waals surface area contributed by atoms with Gasteiger partial charge >= 0.3 is 0 Å². The van der Waals surface area contributed by atoms with Crippen LogP contribution in [0.3, 0.4) is 0 Å². The van der Waals surface area contributed by atoms with Gasteiger partial charge in [0.1, 0.15) is 5.75 Å². The molecular formula is C18H22N2O2S. The van der Waals surface area contributed by atoms with Gasteiger partial charge in [-0.25, -0.2) is 4.98 Å². The third-order valence-corrected chi connectivity index (χ3v) is 4.98. The predicted octanol–water partition coefficient (Wildman–Crippen LogP) is 4.60. The number of aromatic nitrogens is 1. The maximum absolute atomic E-state index is 12.2. The molecule has 1 fully saturated rings. The van der Waals surface area contributed by atoms with Crippen molar-refractivity contribution < 1.29 is 9.53 Å². The molecule has 3 rings (SSSR count). The Morgan fingerprint density at radius 2 is 2.00 bits per heavy atom. The molecule has 1 saturated carbocycles. The summed E-state index contributed by atoms with van der Waals surface area (Å²) in [5.41, 5.74) is 1.13. The number of amides is 1. The number of benzene rings is 1. The molecule has 0 spiro atoms. The number of hydrogen-bond donors (Lipinski definition) is 1. The lowest BCUT2D eigenvalue weighted by Gasteiger charge is -2.19. The number of nitrogens with one attached hydrogen (secondary N) is 1. The van der Waals surface area contributed by atoms with Gasteiger partial charge in [-0.2, -0.15) is 0 Å². The number of anilines is 1. The van der Waals surface area contributed by atoms with Crippen molar-refractivity contribution in [3.05, 3.63) is 41.4 Å². The highest BCUT2D eigenvalue weighted by Gasteiger charge is 2.20. The van der Waals surface area contributed by atoms with Crippen LogP contribution in [0.15, 0.2) is 35.7 Å². The van der Waals surface area contributed by atoms with Gasteiger partial charge in [0, 0.05) is 11.3 Å². The van der Waals surface area contributed by atoms with Gasteiger partial charge in [0.2, 0.25) is 0 Å². The number of ether oxygens (including phenoxy) is 1. The molecule has 4 nitrogen and oxygen atoms in total. The summed E-state index contributed by atoms with van der Waals surface area (Å²) in [4.78, 5) is 16.8. The Labute approximate surface area is 140 Å². The van der Waals surface area contributed by atoms with Gasteiger partial charge < -0.3 is 4.74 Å². The lowest BCUT2D eigenvalue weighted by Crippen LogP contribution is -2.30. The van der Waals surface area contributed by atoms with Crippen LogP contribution >= 0.6 is 11.3 Å². The summed E-state index contributed by atoms with van der Waals surface area (Å²) in [6, 6.07) is 9.37. The maximum atomic E-state index is 12.2. The standard InChI is InChI=1S/C18H22N2O2S/c1-13(22-15-10-6-3-7-11-15)17(21)20-18-19-16(12-23-18)14-8-4-2-5-9-14/h3,6-7,10-14H,2,4-5,8-9H2,1H3,(H,19,20,21)/t13-/m0/s1. The van der Waals surface area contributed by atoms with Crippen molar-refractivity contribution in [2.45, 2.75) is 51.0 Å². The molecule has 0 radical (unpaired) electrons. The number of carbonyl (C=O) groups is 1. The van der Waals surface area contributed by atoms with Crippen LogP contribution in [0, 0.1) is 0 Å². The number of rotatable bonds is 5. The van der Waals surface area contributed by atoms with Gasteiger partial charge in [-0.05, 0) is 31.9 Å². The minimum Gasteiger partial charge on any atom is -0.481 e. The molecule has 23 heavy (non-hydrogen) atoms. The first kappa shape index (κ1) is 16.0. The molecule has 0 bridgehead atoms. The van der Waals surface area contributed by atoms with Crippen LogP contribution < -0.4 is 10.1 Å². The average molecular weight is 330 g/mol. The second-order valence-electron chi connectivity index (χ2n) is 5.97. The van der Waals surface area contributed by atoms with E-state index in [1.165, 1.54) is 43.4 Å². The number of nitrogens with zero attached hydrogens (tertiary/aromatic N) is 1. The van der Waals surface area contributed by atoms with Gasteiger partial charge in [0.25, 0.3) is 5.91 Å². The van der Waals surface area contributed by atoms with Crippen LogP contribution in [-0.4, -0.2) is 17.0 Å². The molecule has 1 amide bonds. The number of para-hydroxylation sites is 1. The van der Waals surface area contributed by atoms with Gasteiger partial charge in [-0.15, -0.1) is 11.3 Å². The minimum absolute atomic E-state index is 0.168. The van der Waals surface area contributed by atoms with Gasteiger partial charge in [0.05, 0.1) is 5.69 Å². The van der Waals surface area contributed by atoms with Crippen molar-refractivity contribution in [2.75, 3.05) is 5.32 Å². The summed E-state index contributed by atoms with van der Waals surface area (Å²) >= 11 is 1.50. The van der Waals surface area contributed by atoms with Crippen LogP contribution in [0.25, 0.3) is 0 Å². The van der Waals surface area contributed by atoms with E-state index in [1.807, 2.05) is 30.3 Å². The van der Waals surface area contributed by atoms with E-state index in [0.717, 1.165) is 5.69 Å². The average Bonchev–Trinajstić information content (AvgIpc) is 3.05. The molecule has 1 heterocycles. The first-order valence-electron chi connectivity index (χ1n) is 8.20. The zero-order chi connectivity index (χ0) is 16.1. The third kappa shape index (κ3) is 4.32. The van der Waals surface area contributed by atoms with Crippen molar-refractivity contribution in [3.8, 4) is 5.75 Å². The highest BCUT2D eigenvalue weighted by molar-refractivity contribution is 7.13. The Bertz CT molecular complexity index is 635. The monoisotopic (exact) mass is 330 g/mol. The Morgan fingerprint density at radius 1 is 1.26 bits per heavy atom. The van der Waals surface area contributed by atoms with E-state index >= 15 is 0 Å².